The number of nitrogens with zero attached hydrogens (tertiary/aromatic N) is 1. The van der Waals surface area contributed by atoms with Crippen molar-refractivity contribution in [3.8, 4) is 5.75 Å². The van der Waals surface area contributed by atoms with Gasteiger partial charge in [-0.2, -0.15) is 0 Å². The third-order valence-corrected chi connectivity index (χ3v) is 2.11. The van der Waals surface area contributed by atoms with Gasteiger partial charge < -0.3 is 4.74 Å². The van der Waals surface area contributed by atoms with Gasteiger partial charge in [0.1, 0.15) is 17.5 Å². The van der Waals surface area contributed by atoms with Crippen LogP contribution in [-0.2, 0) is 4.79 Å². The molecule has 0 aromatic carbocycles. The molecule has 0 N–H and O–H groups in total. The van der Waals surface area contributed by atoms with Crippen LogP contribution >= 0.6 is 11.6 Å². The summed E-state index contributed by atoms with van der Waals surface area (Å²) in [5.41, 5.74) is -0.378. The SMILES string of the molecule is CC(C)(C)C(=O)COc1ccnc(Cl)c1. The highest BCUT2D eigenvalue weighted by molar-refractivity contribution is 6.29. The van der Waals surface area contributed by atoms with Gasteiger partial charge in [-0.25, -0.2) is 4.98 Å². The molecular formula is C11H14ClNO2. The lowest BCUT2D eigenvalue weighted by molar-refractivity contribution is -0.128. The molecule has 4 heteroatoms. The zero-order chi connectivity index (χ0) is 11.5. The number of carbonyl (C=O) groups excluding carboxylic acids is 1. The minimum Gasteiger partial charge on any atom is -0.486 e. The Balaban J connectivity index is 2.55. The number of aromatic nitrogens is 1. The fourth-order valence-corrected chi connectivity index (χ4v) is 1.00. The van der Waals surface area contributed by atoms with Crippen molar-refractivity contribution in [3.63, 3.8) is 0 Å². The first-order valence-corrected chi connectivity index (χ1v) is 5.05. The van der Waals surface area contributed by atoms with Gasteiger partial charge >= 0.3 is 0 Å². The summed E-state index contributed by atoms with van der Waals surface area (Å²) in [6.07, 6.45) is 1.54. The van der Waals surface area contributed by atoms with E-state index in [9.17, 15) is 4.79 Å². The summed E-state index contributed by atoms with van der Waals surface area (Å²) in [4.78, 5) is 15.4. The smallest absolute Gasteiger partial charge is 0.175 e. The highest BCUT2D eigenvalue weighted by Crippen LogP contribution is 2.17. The van der Waals surface area contributed by atoms with E-state index in [-0.39, 0.29) is 17.8 Å². The second-order valence-electron chi connectivity index (χ2n) is 4.28. The highest BCUT2D eigenvalue weighted by Gasteiger charge is 2.21. The summed E-state index contributed by atoms with van der Waals surface area (Å²) in [5, 5.41) is 0.357. The first kappa shape index (κ1) is 12.0. The Morgan fingerprint density at radius 3 is 2.73 bits per heavy atom. The third-order valence-electron chi connectivity index (χ3n) is 1.90. The van der Waals surface area contributed by atoms with Gasteiger partial charge in [0.2, 0.25) is 0 Å². The van der Waals surface area contributed by atoms with E-state index in [4.69, 9.17) is 16.3 Å². The zero-order valence-electron chi connectivity index (χ0n) is 9.08. The molecule has 0 aliphatic carbocycles. The molecule has 0 unspecified atom stereocenters. The van der Waals surface area contributed by atoms with Gasteiger partial charge in [0.25, 0.3) is 0 Å². The minimum absolute atomic E-state index is 0.0513. The molecule has 0 radical (unpaired) electrons. The van der Waals surface area contributed by atoms with E-state index in [1.54, 1.807) is 18.3 Å². The lowest BCUT2D eigenvalue weighted by Gasteiger charge is -2.16. The van der Waals surface area contributed by atoms with E-state index < -0.39 is 0 Å². The average molecular weight is 228 g/mol. The van der Waals surface area contributed by atoms with Gasteiger partial charge in [-0.15, -0.1) is 0 Å². The lowest BCUT2D eigenvalue weighted by Crippen LogP contribution is -2.26. The maximum atomic E-state index is 11.5. The molecule has 0 bridgehead atoms. The molecule has 1 rings (SSSR count). The van der Waals surface area contributed by atoms with Gasteiger partial charge in [-0.1, -0.05) is 32.4 Å². The third kappa shape index (κ3) is 3.88. The Bertz CT molecular complexity index is 358. The minimum atomic E-state index is -0.378. The van der Waals surface area contributed by atoms with E-state index >= 15 is 0 Å². The molecule has 0 saturated heterocycles. The fraction of sp³-hybridized carbons (Fsp3) is 0.455. The maximum absolute atomic E-state index is 11.5. The lowest BCUT2D eigenvalue weighted by atomic mass is 9.91. The predicted octanol–water partition coefficient (Wildman–Crippen LogP) is 2.73. The molecule has 1 aromatic heterocycles. The summed E-state index contributed by atoms with van der Waals surface area (Å²) in [7, 11) is 0. The first-order chi connectivity index (χ1) is 6.89. The summed E-state index contributed by atoms with van der Waals surface area (Å²) in [6, 6.07) is 3.25. The van der Waals surface area contributed by atoms with Crippen molar-refractivity contribution in [2.75, 3.05) is 6.61 Å². The summed E-state index contributed by atoms with van der Waals surface area (Å²) in [5.74, 6) is 0.614. The average Bonchev–Trinajstić information content (AvgIpc) is 2.12. The largest absolute Gasteiger partial charge is 0.486 e. The molecule has 1 aromatic rings. The maximum Gasteiger partial charge on any atom is 0.175 e. The van der Waals surface area contributed by atoms with Crippen molar-refractivity contribution >= 4 is 17.4 Å². The van der Waals surface area contributed by atoms with Crippen LogP contribution in [0.3, 0.4) is 0 Å². The van der Waals surface area contributed by atoms with Gasteiger partial charge in [0.05, 0.1) is 0 Å². The topological polar surface area (TPSA) is 39.2 Å². The first-order valence-electron chi connectivity index (χ1n) is 4.67. The predicted molar refractivity (Wildman–Crippen MR) is 59.2 cm³/mol. The molecule has 3 nitrogen and oxygen atoms in total. The van der Waals surface area contributed by atoms with Crippen LogP contribution in [0.2, 0.25) is 5.15 Å². The van der Waals surface area contributed by atoms with Crippen molar-refractivity contribution in [2.45, 2.75) is 20.8 Å². The monoisotopic (exact) mass is 227 g/mol. The quantitative estimate of drug-likeness (QED) is 0.746. The van der Waals surface area contributed by atoms with Crippen LogP contribution < -0.4 is 4.74 Å². The number of ketones is 1. The number of halogens is 1. The molecule has 0 aliphatic heterocycles. The van der Waals surface area contributed by atoms with Gasteiger partial charge in [-0.05, 0) is 6.07 Å². The number of hydrogen-bond donors (Lipinski definition) is 0. The van der Waals surface area contributed by atoms with Crippen LogP contribution in [0, 0.1) is 5.41 Å². The van der Waals surface area contributed by atoms with Gasteiger partial charge in [0.15, 0.2) is 5.78 Å². The van der Waals surface area contributed by atoms with Crippen molar-refractivity contribution < 1.29 is 9.53 Å². The molecule has 0 fully saturated rings. The summed E-state index contributed by atoms with van der Waals surface area (Å²) < 4.78 is 5.30. The Kier molecular flexibility index (Phi) is 3.69. The van der Waals surface area contributed by atoms with Crippen molar-refractivity contribution in [2.24, 2.45) is 5.41 Å². The van der Waals surface area contributed by atoms with Crippen LogP contribution in [0.5, 0.6) is 5.75 Å². The number of ether oxygens (including phenoxy) is 1. The Morgan fingerprint density at radius 2 is 2.20 bits per heavy atom. The molecule has 0 aliphatic rings. The van der Waals surface area contributed by atoms with Gasteiger partial charge in [-0.3, -0.25) is 4.79 Å². The van der Waals surface area contributed by atoms with Crippen LogP contribution in [0.25, 0.3) is 0 Å². The second kappa shape index (κ2) is 4.62. The normalized spacial score (nSPS) is 11.2. The number of carbonyl (C=O) groups is 1. The van der Waals surface area contributed by atoms with Crippen LogP contribution in [0.15, 0.2) is 18.3 Å². The van der Waals surface area contributed by atoms with Crippen LogP contribution in [0.1, 0.15) is 20.8 Å². The second-order valence-corrected chi connectivity index (χ2v) is 4.66. The summed E-state index contributed by atoms with van der Waals surface area (Å²) in [6.45, 7) is 5.64. The fourth-order valence-electron chi connectivity index (χ4n) is 0.840. The Morgan fingerprint density at radius 1 is 1.53 bits per heavy atom. The molecule has 0 amide bonds. The van der Waals surface area contributed by atoms with E-state index in [0.717, 1.165) is 0 Å². The van der Waals surface area contributed by atoms with Crippen molar-refractivity contribution in [3.05, 3.63) is 23.5 Å². The van der Waals surface area contributed by atoms with Crippen molar-refractivity contribution in [1.82, 2.24) is 4.98 Å². The van der Waals surface area contributed by atoms with E-state index in [2.05, 4.69) is 4.98 Å². The summed E-state index contributed by atoms with van der Waals surface area (Å²) >= 11 is 5.67. The Labute approximate surface area is 94.4 Å². The molecule has 0 spiro atoms. The van der Waals surface area contributed by atoms with Crippen LogP contribution in [-0.4, -0.2) is 17.4 Å². The van der Waals surface area contributed by atoms with Gasteiger partial charge in [0, 0.05) is 17.7 Å². The number of Topliss-reactive ketones (excluding diaryl/α,β-unsaturated/α-hetero) is 1. The molecule has 0 saturated carbocycles. The van der Waals surface area contributed by atoms with Crippen molar-refractivity contribution in [1.29, 1.82) is 0 Å². The standard InChI is InChI=1S/C11H14ClNO2/c1-11(2,3)9(14)7-15-8-4-5-13-10(12)6-8/h4-6H,7H2,1-3H3. The molecule has 0 atom stereocenters. The zero-order valence-corrected chi connectivity index (χ0v) is 9.84. The highest BCUT2D eigenvalue weighted by atomic mass is 35.5. The Hall–Kier alpha value is -1.09. The molecule has 15 heavy (non-hydrogen) atoms. The number of rotatable bonds is 3. The molecule has 1 heterocycles. The molecular weight excluding hydrogens is 214 g/mol. The van der Waals surface area contributed by atoms with E-state index in [0.29, 0.717) is 10.9 Å². The van der Waals surface area contributed by atoms with Crippen LogP contribution in [0.4, 0.5) is 0 Å². The number of pyridine rings is 1. The molecule has 82 valence electrons. The number of hydrogen-bond acceptors (Lipinski definition) is 3. The van der Waals surface area contributed by atoms with E-state index in [1.807, 2.05) is 20.8 Å². The van der Waals surface area contributed by atoms with E-state index in [1.165, 1.54) is 0 Å².